The first-order chi connectivity index (χ1) is 16.6. The van der Waals surface area contributed by atoms with E-state index in [1.54, 1.807) is 7.11 Å². The van der Waals surface area contributed by atoms with Crippen molar-refractivity contribution in [3.8, 4) is 17.0 Å². The Balaban J connectivity index is 1.28. The molecule has 0 amide bonds. The van der Waals surface area contributed by atoms with Gasteiger partial charge < -0.3 is 14.8 Å². The predicted octanol–water partition coefficient (Wildman–Crippen LogP) is 3.01. The normalized spacial score (nSPS) is 18.1. The van der Waals surface area contributed by atoms with Crippen molar-refractivity contribution in [2.75, 3.05) is 38.7 Å². The zero-order chi connectivity index (χ0) is 23.2. The number of benzene rings is 1. The van der Waals surface area contributed by atoms with Gasteiger partial charge in [0, 0.05) is 36.9 Å². The molecule has 10 nitrogen and oxygen atoms in total. The Hall–Kier alpha value is -3.24. The van der Waals surface area contributed by atoms with Crippen LogP contribution < -0.4 is 10.1 Å². The van der Waals surface area contributed by atoms with Crippen molar-refractivity contribution in [1.82, 2.24) is 34.5 Å². The fraction of sp³-hybridized carbons (Fsp3) is 0.500. The van der Waals surface area contributed by atoms with Gasteiger partial charge in [-0.1, -0.05) is 11.3 Å². The summed E-state index contributed by atoms with van der Waals surface area (Å²) in [4.78, 5) is 7.25. The summed E-state index contributed by atoms with van der Waals surface area (Å²) in [5, 5.41) is 16.9. The summed E-state index contributed by atoms with van der Waals surface area (Å²) in [5.41, 5.74) is 4.79. The Kier molecular flexibility index (Phi) is 5.34. The largest absolute Gasteiger partial charge is 0.479 e. The lowest BCUT2D eigenvalue weighted by molar-refractivity contribution is -0.0705. The molecule has 5 heterocycles. The Bertz CT molecular complexity index is 1320. The van der Waals surface area contributed by atoms with Gasteiger partial charge in [-0.3, -0.25) is 4.90 Å². The average molecular weight is 463 g/mol. The quantitative estimate of drug-likeness (QED) is 0.467. The summed E-state index contributed by atoms with van der Waals surface area (Å²) in [6.45, 7) is 8.09. The molecular weight excluding hydrogens is 432 g/mol. The number of rotatable bonds is 6. The highest BCUT2D eigenvalue weighted by Gasteiger charge is 2.30. The third-order valence-corrected chi connectivity index (χ3v) is 6.94. The molecule has 34 heavy (non-hydrogen) atoms. The fourth-order valence-electron chi connectivity index (χ4n) is 4.94. The molecule has 0 atom stereocenters. The first kappa shape index (κ1) is 21.3. The predicted molar refractivity (Wildman–Crippen MR) is 129 cm³/mol. The summed E-state index contributed by atoms with van der Waals surface area (Å²) >= 11 is 0. The molecule has 2 aliphatic rings. The molecule has 178 valence electrons. The van der Waals surface area contributed by atoms with Crippen LogP contribution in [0.15, 0.2) is 30.5 Å². The number of hydrogen-bond donors (Lipinski definition) is 1. The van der Waals surface area contributed by atoms with E-state index >= 15 is 0 Å². The summed E-state index contributed by atoms with van der Waals surface area (Å²) in [6.07, 6.45) is 4.09. The molecule has 0 aliphatic carbocycles. The van der Waals surface area contributed by atoms with Gasteiger partial charge in [-0.25, -0.2) is 9.20 Å². The van der Waals surface area contributed by atoms with E-state index in [1.165, 1.54) is 0 Å². The van der Waals surface area contributed by atoms with E-state index in [4.69, 9.17) is 19.6 Å². The molecule has 2 aliphatic heterocycles. The SMILES string of the molecule is COc1nc(NC2CCN(C3COC3)CC2)nn2ccc(-c3ccc4nnn(C(C)C)c4c3)c12. The van der Waals surface area contributed by atoms with Gasteiger partial charge >= 0.3 is 0 Å². The zero-order valence-electron chi connectivity index (χ0n) is 19.8. The van der Waals surface area contributed by atoms with Gasteiger partial charge in [0.05, 0.1) is 31.9 Å². The van der Waals surface area contributed by atoms with Crippen molar-refractivity contribution in [3.05, 3.63) is 30.5 Å². The van der Waals surface area contributed by atoms with Crippen molar-refractivity contribution in [2.24, 2.45) is 0 Å². The van der Waals surface area contributed by atoms with Gasteiger partial charge in [0.25, 0.3) is 0 Å². The molecule has 1 N–H and O–H groups in total. The molecular formula is C24H30N8O2. The highest BCUT2D eigenvalue weighted by atomic mass is 16.5. The van der Waals surface area contributed by atoms with E-state index in [-0.39, 0.29) is 6.04 Å². The van der Waals surface area contributed by atoms with Crippen molar-refractivity contribution in [3.63, 3.8) is 0 Å². The van der Waals surface area contributed by atoms with Crippen LogP contribution in [0.5, 0.6) is 5.88 Å². The van der Waals surface area contributed by atoms with E-state index in [2.05, 4.69) is 52.6 Å². The number of piperidine rings is 1. The van der Waals surface area contributed by atoms with Crippen molar-refractivity contribution in [1.29, 1.82) is 0 Å². The standard InChI is InChI=1S/C24H30N8O2/c1-15(2)32-21-12-16(4-5-20(21)27-29-32)19-8-11-31-22(19)23(33-3)26-24(28-31)25-17-6-9-30(10-7-17)18-13-34-14-18/h4-5,8,11-12,15,17-18H,6-7,9-10,13-14H2,1-3H3,(H,25,28). The lowest BCUT2D eigenvalue weighted by Crippen LogP contribution is -2.53. The molecule has 10 heteroatoms. The van der Waals surface area contributed by atoms with Gasteiger partial charge in [-0.2, -0.15) is 4.98 Å². The summed E-state index contributed by atoms with van der Waals surface area (Å²) in [6, 6.07) is 9.42. The molecule has 0 saturated carbocycles. The van der Waals surface area contributed by atoms with E-state index in [0.717, 1.165) is 66.8 Å². The summed E-state index contributed by atoms with van der Waals surface area (Å²) < 4.78 is 14.9. The van der Waals surface area contributed by atoms with Crippen molar-refractivity contribution < 1.29 is 9.47 Å². The van der Waals surface area contributed by atoms with Crippen LogP contribution in [0.3, 0.4) is 0 Å². The molecule has 2 saturated heterocycles. The van der Waals surface area contributed by atoms with Crippen molar-refractivity contribution >= 4 is 22.5 Å². The van der Waals surface area contributed by atoms with Crippen LogP contribution >= 0.6 is 0 Å². The minimum Gasteiger partial charge on any atom is -0.479 e. The number of likely N-dealkylation sites (tertiary alicyclic amines) is 1. The van der Waals surface area contributed by atoms with Crippen LogP contribution in [0.4, 0.5) is 5.95 Å². The van der Waals surface area contributed by atoms with Crippen molar-refractivity contribution in [2.45, 2.75) is 44.8 Å². The first-order valence-electron chi connectivity index (χ1n) is 12.0. The van der Waals surface area contributed by atoms with Crippen LogP contribution in [-0.2, 0) is 4.74 Å². The zero-order valence-corrected chi connectivity index (χ0v) is 19.8. The second-order valence-corrected chi connectivity index (χ2v) is 9.44. The van der Waals surface area contributed by atoms with Crippen LogP contribution in [0.1, 0.15) is 32.7 Å². The minimum absolute atomic E-state index is 0.228. The maximum Gasteiger partial charge on any atom is 0.244 e. The van der Waals surface area contributed by atoms with Gasteiger partial charge in [0.2, 0.25) is 11.8 Å². The number of methoxy groups -OCH3 is 1. The highest BCUT2D eigenvalue weighted by Crippen LogP contribution is 2.33. The molecule has 2 fully saturated rings. The maximum atomic E-state index is 5.72. The van der Waals surface area contributed by atoms with E-state index < -0.39 is 0 Å². The van der Waals surface area contributed by atoms with E-state index in [9.17, 15) is 0 Å². The molecule has 0 unspecified atom stereocenters. The fourth-order valence-corrected chi connectivity index (χ4v) is 4.94. The Morgan fingerprint density at radius 3 is 2.68 bits per heavy atom. The number of nitrogens with one attached hydrogen (secondary N) is 1. The van der Waals surface area contributed by atoms with Crippen LogP contribution in [0.2, 0.25) is 0 Å². The maximum absolute atomic E-state index is 5.72. The number of hydrogen-bond acceptors (Lipinski definition) is 8. The van der Waals surface area contributed by atoms with Gasteiger partial charge in [0.1, 0.15) is 11.0 Å². The Labute approximate surface area is 197 Å². The summed E-state index contributed by atoms with van der Waals surface area (Å²) in [7, 11) is 1.66. The molecule has 0 bridgehead atoms. The van der Waals surface area contributed by atoms with E-state index in [1.807, 2.05) is 21.5 Å². The third kappa shape index (κ3) is 3.67. The molecule has 6 rings (SSSR count). The lowest BCUT2D eigenvalue weighted by Gasteiger charge is -2.41. The van der Waals surface area contributed by atoms with Gasteiger partial charge in [-0.05, 0) is 50.5 Å². The summed E-state index contributed by atoms with van der Waals surface area (Å²) in [5.74, 6) is 1.15. The molecule has 1 aromatic carbocycles. The minimum atomic E-state index is 0.228. The Morgan fingerprint density at radius 1 is 1.15 bits per heavy atom. The first-order valence-corrected chi connectivity index (χ1v) is 12.0. The molecule has 0 radical (unpaired) electrons. The van der Waals surface area contributed by atoms with Gasteiger partial charge in [-0.15, -0.1) is 10.2 Å². The smallest absolute Gasteiger partial charge is 0.244 e. The number of anilines is 1. The second kappa shape index (κ2) is 8.52. The monoisotopic (exact) mass is 462 g/mol. The second-order valence-electron chi connectivity index (χ2n) is 9.44. The average Bonchev–Trinajstić information content (AvgIpc) is 3.42. The number of ether oxygens (including phenoxy) is 2. The highest BCUT2D eigenvalue weighted by molar-refractivity contribution is 5.89. The number of fused-ring (bicyclic) bond motifs is 2. The molecule has 3 aromatic heterocycles. The van der Waals surface area contributed by atoms with Crippen LogP contribution in [0.25, 0.3) is 27.7 Å². The number of aromatic nitrogens is 6. The number of nitrogens with zero attached hydrogens (tertiary/aromatic N) is 7. The molecule has 4 aromatic rings. The van der Waals surface area contributed by atoms with Crippen LogP contribution in [-0.4, -0.2) is 80.0 Å². The third-order valence-electron chi connectivity index (χ3n) is 6.94. The lowest BCUT2D eigenvalue weighted by atomic mass is 10.0. The van der Waals surface area contributed by atoms with Gasteiger partial charge in [0.15, 0.2) is 0 Å². The van der Waals surface area contributed by atoms with Crippen LogP contribution in [0, 0.1) is 0 Å². The van der Waals surface area contributed by atoms with E-state index in [0.29, 0.717) is 23.9 Å². The topological polar surface area (TPSA) is 94.6 Å². The Morgan fingerprint density at radius 2 is 1.97 bits per heavy atom. The molecule has 0 spiro atoms.